The summed E-state index contributed by atoms with van der Waals surface area (Å²) in [5, 5.41) is 3.29. The van der Waals surface area contributed by atoms with Gasteiger partial charge in [-0.25, -0.2) is 0 Å². The molecule has 0 atom stereocenters. The van der Waals surface area contributed by atoms with Crippen LogP contribution in [0.3, 0.4) is 0 Å². The monoisotopic (exact) mass is 265 g/mol. The number of nitrogens with one attached hydrogen (secondary N) is 1. The van der Waals surface area contributed by atoms with Gasteiger partial charge in [0.2, 0.25) is 0 Å². The van der Waals surface area contributed by atoms with E-state index in [4.69, 9.17) is 0 Å². The highest BCUT2D eigenvalue weighted by molar-refractivity contribution is 9.10. The van der Waals surface area contributed by atoms with E-state index in [1.807, 2.05) is 31.2 Å². The second kappa shape index (κ2) is 4.19. The topological polar surface area (TPSA) is 29.1 Å². The standard InChI is InChI=1S/C12H12BrNO/c1-8-11(5-6-12(8)15)14-10-4-2-3-9(13)7-10/h2-4,7,14H,5-6H2,1H3. The summed E-state index contributed by atoms with van der Waals surface area (Å²) in [4.78, 5) is 11.3. The maximum Gasteiger partial charge on any atom is 0.160 e. The summed E-state index contributed by atoms with van der Waals surface area (Å²) in [6, 6.07) is 7.95. The lowest BCUT2D eigenvalue weighted by atomic mass is 10.2. The van der Waals surface area contributed by atoms with E-state index in [0.717, 1.165) is 27.9 Å². The number of hydrogen-bond acceptors (Lipinski definition) is 2. The van der Waals surface area contributed by atoms with Crippen molar-refractivity contribution in [2.75, 3.05) is 5.32 Å². The van der Waals surface area contributed by atoms with Crippen molar-refractivity contribution in [2.24, 2.45) is 0 Å². The van der Waals surface area contributed by atoms with E-state index in [2.05, 4.69) is 21.2 Å². The Morgan fingerprint density at radius 3 is 2.73 bits per heavy atom. The first-order valence-corrected chi connectivity index (χ1v) is 5.71. The Morgan fingerprint density at radius 2 is 2.13 bits per heavy atom. The van der Waals surface area contributed by atoms with Crippen LogP contribution in [-0.4, -0.2) is 5.78 Å². The molecule has 0 spiro atoms. The van der Waals surface area contributed by atoms with Crippen LogP contribution in [0.1, 0.15) is 19.8 Å². The molecule has 2 nitrogen and oxygen atoms in total. The molecule has 0 fully saturated rings. The first kappa shape index (κ1) is 10.4. The molecule has 0 unspecified atom stereocenters. The second-order valence-electron chi connectivity index (χ2n) is 3.66. The highest BCUT2D eigenvalue weighted by Crippen LogP contribution is 2.25. The predicted octanol–water partition coefficient (Wildman–Crippen LogP) is 3.50. The van der Waals surface area contributed by atoms with Gasteiger partial charge < -0.3 is 5.32 Å². The fourth-order valence-corrected chi connectivity index (χ4v) is 2.08. The summed E-state index contributed by atoms with van der Waals surface area (Å²) >= 11 is 3.42. The Hall–Kier alpha value is -1.09. The molecule has 0 heterocycles. The van der Waals surface area contributed by atoms with Crippen molar-refractivity contribution in [3.05, 3.63) is 40.0 Å². The average Bonchev–Trinajstić information content (AvgIpc) is 2.50. The Kier molecular flexibility index (Phi) is 2.91. The van der Waals surface area contributed by atoms with Crippen molar-refractivity contribution in [2.45, 2.75) is 19.8 Å². The molecule has 0 bridgehead atoms. The lowest BCUT2D eigenvalue weighted by Gasteiger charge is -2.08. The second-order valence-corrected chi connectivity index (χ2v) is 4.58. The molecule has 0 saturated carbocycles. The molecule has 0 aromatic heterocycles. The summed E-state index contributed by atoms with van der Waals surface area (Å²) in [5.74, 6) is 0.257. The van der Waals surface area contributed by atoms with Gasteiger partial charge in [0.15, 0.2) is 5.78 Å². The Balaban J connectivity index is 2.19. The van der Waals surface area contributed by atoms with Crippen molar-refractivity contribution in [1.82, 2.24) is 0 Å². The minimum atomic E-state index is 0.257. The fraction of sp³-hybridized carbons (Fsp3) is 0.250. The molecule has 1 aromatic rings. The number of allylic oxidation sites excluding steroid dienone is 2. The molecule has 0 aliphatic heterocycles. The minimum Gasteiger partial charge on any atom is -0.359 e. The van der Waals surface area contributed by atoms with Gasteiger partial charge in [-0.05, 0) is 31.5 Å². The van der Waals surface area contributed by atoms with E-state index in [1.165, 1.54) is 0 Å². The van der Waals surface area contributed by atoms with E-state index in [9.17, 15) is 4.79 Å². The SMILES string of the molecule is CC1=C(Nc2cccc(Br)c2)CCC1=O. The first-order valence-electron chi connectivity index (χ1n) is 4.92. The van der Waals surface area contributed by atoms with E-state index >= 15 is 0 Å². The smallest absolute Gasteiger partial charge is 0.160 e. The first-order chi connectivity index (χ1) is 7.16. The molecule has 1 aromatic carbocycles. The van der Waals surface area contributed by atoms with Gasteiger partial charge in [-0.15, -0.1) is 0 Å². The molecular formula is C12H12BrNO. The van der Waals surface area contributed by atoms with E-state index in [-0.39, 0.29) is 5.78 Å². The number of benzene rings is 1. The summed E-state index contributed by atoms with van der Waals surface area (Å²) in [5.41, 5.74) is 2.95. The van der Waals surface area contributed by atoms with Gasteiger partial charge in [-0.1, -0.05) is 22.0 Å². The number of anilines is 1. The quantitative estimate of drug-likeness (QED) is 0.887. The van der Waals surface area contributed by atoms with Crippen LogP contribution in [0.4, 0.5) is 5.69 Å². The number of carbonyl (C=O) groups excluding carboxylic acids is 1. The Bertz CT molecular complexity index is 437. The summed E-state index contributed by atoms with van der Waals surface area (Å²) < 4.78 is 1.04. The van der Waals surface area contributed by atoms with Gasteiger partial charge in [0.05, 0.1) is 0 Å². The van der Waals surface area contributed by atoms with Crippen LogP contribution in [0.5, 0.6) is 0 Å². The van der Waals surface area contributed by atoms with Crippen molar-refractivity contribution < 1.29 is 4.79 Å². The molecular weight excluding hydrogens is 254 g/mol. The summed E-state index contributed by atoms with van der Waals surface area (Å²) in [7, 11) is 0. The number of rotatable bonds is 2. The zero-order valence-corrected chi connectivity index (χ0v) is 10.1. The van der Waals surface area contributed by atoms with Crippen molar-refractivity contribution in [1.29, 1.82) is 0 Å². The van der Waals surface area contributed by atoms with Crippen molar-refractivity contribution >= 4 is 27.4 Å². The normalized spacial score (nSPS) is 16.0. The van der Waals surface area contributed by atoms with Crippen molar-refractivity contribution in [3.8, 4) is 0 Å². The number of hydrogen-bond donors (Lipinski definition) is 1. The molecule has 15 heavy (non-hydrogen) atoms. The van der Waals surface area contributed by atoms with Crippen LogP contribution in [-0.2, 0) is 4.79 Å². The maximum absolute atomic E-state index is 11.3. The number of carbonyl (C=O) groups is 1. The van der Waals surface area contributed by atoms with E-state index in [1.54, 1.807) is 0 Å². The Labute approximate surface area is 97.5 Å². The minimum absolute atomic E-state index is 0.257. The van der Waals surface area contributed by atoms with Gasteiger partial charge in [-0.2, -0.15) is 0 Å². The van der Waals surface area contributed by atoms with Gasteiger partial charge >= 0.3 is 0 Å². The fourth-order valence-electron chi connectivity index (χ4n) is 1.68. The van der Waals surface area contributed by atoms with Crippen LogP contribution < -0.4 is 5.32 Å². The third-order valence-corrected chi connectivity index (χ3v) is 3.09. The van der Waals surface area contributed by atoms with Crippen LogP contribution >= 0.6 is 15.9 Å². The zero-order chi connectivity index (χ0) is 10.8. The molecule has 3 heteroatoms. The van der Waals surface area contributed by atoms with Crippen LogP contribution in [0.25, 0.3) is 0 Å². The molecule has 0 amide bonds. The number of halogens is 1. The van der Waals surface area contributed by atoms with Crippen molar-refractivity contribution in [3.63, 3.8) is 0 Å². The molecule has 1 aliphatic rings. The summed E-state index contributed by atoms with van der Waals surface area (Å²) in [6.07, 6.45) is 1.47. The number of ketones is 1. The number of Topliss-reactive ketones (excluding diaryl/α,β-unsaturated/α-hetero) is 1. The van der Waals surface area contributed by atoms with E-state index < -0.39 is 0 Å². The molecule has 1 aliphatic carbocycles. The Morgan fingerprint density at radius 1 is 1.33 bits per heavy atom. The molecule has 1 N–H and O–H groups in total. The van der Waals surface area contributed by atoms with Gasteiger partial charge in [-0.3, -0.25) is 4.79 Å². The van der Waals surface area contributed by atoms with Crippen LogP contribution in [0, 0.1) is 0 Å². The molecule has 0 saturated heterocycles. The highest BCUT2D eigenvalue weighted by atomic mass is 79.9. The van der Waals surface area contributed by atoms with Gasteiger partial charge in [0, 0.05) is 27.9 Å². The molecule has 0 radical (unpaired) electrons. The third kappa shape index (κ3) is 2.29. The van der Waals surface area contributed by atoms with Gasteiger partial charge in [0.25, 0.3) is 0 Å². The summed E-state index contributed by atoms with van der Waals surface area (Å²) in [6.45, 7) is 1.88. The lowest BCUT2D eigenvalue weighted by Crippen LogP contribution is -1.99. The largest absolute Gasteiger partial charge is 0.359 e. The van der Waals surface area contributed by atoms with E-state index in [0.29, 0.717) is 6.42 Å². The zero-order valence-electron chi connectivity index (χ0n) is 8.51. The van der Waals surface area contributed by atoms with Gasteiger partial charge in [0.1, 0.15) is 0 Å². The third-order valence-electron chi connectivity index (χ3n) is 2.59. The lowest BCUT2D eigenvalue weighted by molar-refractivity contribution is -0.114. The predicted molar refractivity (Wildman–Crippen MR) is 64.7 cm³/mol. The molecule has 2 rings (SSSR count). The van der Waals surface area contributed by atoms with Crippen LogP contribution in [0.2, 0.25) is 0 Å². The van der Waals surface area contributed by atoms with Crippen LogP contribution in [0.15, 0.2) is 40.0 Å². The molecule has 78 valence electrons. The maximum atomic E-state index is 11.3. The highest BCUT2D eigenvalue weighted by Gasteiger charge is 2.18. The average molecular weight is 266 g/mol.